The number of unbranched alkanes of at least 4 members (excludes halogenated alkanes) is 30. The standard InChI is InChI=1S/C51H94O6/c1-4-7-10-13-16-19-22-24-26-28-29-32-35-38-41-44-50(53)56-47-48(46-55-49(52)43-40-37-34-31-21-18-15-12-9-6-3)57-51(54)45-42-39-36-33-30-27-25-23-20-17-14-11-8-5-2/h23-26,48H,4-22,27-47H2,1-3H3/b25-23-,26-24-/t48-/m1/s1. The molecule has 0 saturated carbocycles. The van der Waals surface area contributed by atoms with Crippen molar-refractivity contribution in [3.8, 4) is 0 Å². The van der Waals surface area contributed by atoms with Crippen LogP contribution >= 0.6 is 0 Å². The van der Waals surface area contributed by atoms with Crippen LogP contribution in [0, 0.1) is 0 Å². The van der Waals surface area contributed by atoms with Crippen LogP contribution in [-0.4, -0.2) is 37.2 Å². The second-order valence-electron chi connectivity index (χ2n) is 16.7. The predicted molar refractivity (Wildman–Crippen MR) is 243 cm³/mol. The molecule has 6 heteroatoms. The molecule has 0 N–H and O–H groups in total. The third-order valence-corrected chi connectivity index (χ3v) is 10.9. The molecule has 6 nitrogen and oxygen atoms in total. The summed E-state index contributed by atoms with van der Waals surface area (Å²) in [6, 6.07) is 0. The molecule has 0 aliphatic rings. The fourth-order valence-electron chi connectivity index (χ4n) is 7.14. The number of allylic oxidation sites excluding steroid dienone is 4. The summed E-state index contributed by atoms with van der Waals surface area (Å²) in [5.74, 6) is -0.884. The minimum absolute atomic E-state index is 0.0741. The number of hydrogen-bond donors (Lipinski definition) is 0. The van der Waals surface area contributed by atoms with E-state index in [9.17, 15) is 14.4 Å². The second kappa shape index (κ2) is 46.6. The molecule has 0 spiro atoms. The summed E-state index contributed by atoms with van der Waals surface area (Å²) in [5.41, 5.74) is 0. The molecule has 0 unspecified atom stereocenters. The molecule has 57 heavy (non-hydrogen) atoms. The van der Waals surface area contributed by atoms with Gasteiger partial charge in [-0.2, -0.15) is 0 Å². The summed E-state index contributed by atoms with van der Waals surface area (Å²) in [4.78, 5) is 37.8. The van der Waals surface area contributed by atoms with Crippen molar-refractivity contribution in [1.82, 2.24) is 0 Å². The predicted octanol–water partition coefficient (Wildman–Crippen LogP) is 16.0. The van der Waals surface area contributed by atoms with E-state index in [0.717, 1.165) is 70.6 Å². The molecule has 0 aliphatic carbocycles. The van der Waals surface area contributed by atoms with E-state index in [1.807, 2.05) is 0 Å². The minimum Gasteiger partial charge on any atom is -0.462 e. The van der Waals surface area contributed by atoms with Crippen molar-refractivity contribution in [2.24, 2.45) is 0 Å². The van der Waals surface area contributed by atoms with Crippen LogP contribution in [0.25, 0.3) is 0 Å². The zero-order chi connectivity index (χ0) is 41.5. The van der Waals surface area contributed by atoms with Gasteiger partial charge in [-0.1, -0.05) is 199 Å². The van der Waals surface area contributed by atoms with E-state index in [1.54, 1.807) is 0 Å². The monoisotopic (exact) mass is 803 g/mol. The zero-order valence-electron chi connectivity index (χ0n) is 38.1. The van der Waals surface area contributed by atoms with Crippen LogP contribution in [0.15, 0.2) is 24.3 Å². The van der Waals surface area contributed by atoms with Crippen molar-refractivity contribution >= 4 is 17.9 Å². The number of carbonyl (C=O) groups excluding carboxylic acids is 3. The molecule has 0 aromatic heterocycles. The van der Waals surface area contributed by atoms with E-state index in [0.29, 0.717) is 19.3 Å². The molecule has 0 heterocycles. The number of carbonyl (C=O) groups is 3. The minimum atomic E-state index is -0.773. The van der Waals surface area contributed by atoms with Crippen molar-refractivity contribution < 1.29 is 28.6 Å². The maximum atomic E-state index is 12.7. The smallest absolute Gasteiger partial charge is 0.306 e. The fourth-order valence-corrected chi connectivity index (χ4v) is 7.14. The SMILES string of the molecule is CCCCCCC/C=C\CCCCCCCC(=O)O[C@@H](COC(=O)CCCCCCC/C=C\CCCCCCCC)COC(=O)CCCCCCCCCCCC. The van der Waals surface area contributed by atoms with Gasteiger partial charge < -0.3 is 14.2 Å². The molecule has 334 valence electrons. The van der Waals surface area contributed by atoms with Gasteiger partial charge in [0.05, 0.1) is 0 Å². The van der Waals surface area contributed by atoms with Crippen LogP contribution in [0.3, 0.4) is 0 Å². The Morgan fingerprint density at radius 1 is 0.333 bits per heavy atom. The first-order chi connectivity index (χ1) is 28.0. The van der Waals surface area contributed by atoms with E-state index >= 15 is 0 Å². The zero-order valence-corrected chi connectivity index (χ0v) is 38.1. The van der Waals surface area contributed by atoms with Gasteiger partial charge in [-0.05, 0) is 70.6 Å². The lowest BCUT2D eigenvalue weighted by Crippen LogP contribution is -2.30. The molecule has 0 radical (unpaired) electrons. The molecule has 0 fully saturated rings. The average molecular weight is 803 g/mol. The van der Waals surface area contributed by atoms with Crippen molar-refractivity contribution in [2.75, 3.05) is 13.2 Å². The molecule has 0 aromatic carbocycles. The Morgan fingerprint density at radius 3 is 0.877 bits per heavy atom. The Bertz CT molecular complexity index is 927. The lowest BCUT2D eigenvalue weighted by atomic mass is 10.1. The van der Waals surface area contributed by atoms with Gasteiger partial charge in [0.2, 0.25) is 0 Å². The molecule has 0 aromatic rings. The molecule has 1 atom stereocenters. The lowest BCUT2D eigenvalue weighted by Gasteiger charge is -2.18. The first kappa shape index (κ1) is 54.9. The maximum absolute atomic E-state index is 12.7. The van der Waals surface area contributed by atoms with Gasteiger partial charge in [0.15, 0.2) is 6.10 Å². The lowest BCUT2D eigenvalue weighted by molar-refractivity contribution is -0.167. The highest BCUT2D eigenvalue weighted by atomic mass is 16.6. The number of esters is 3. The summed E-state index contributed by atoms with van der Waals surface area (Å²) in [7, 11) is 0. The Labute approximate surface area is 353 Å². The van der Waals surface area contributed by atoms with E-state index in [4.69, 9.17) is 14.2 Å². The fraction of sp³-hybridized carbons (Fsp3) is 0.863. The average Bonchev–Trinajstić information content (AvgIpc) is 3.21. The molecule has 0 saturated heterocycles. The number of rotatable bonds is 45. The van der Waals surface area contributed by atoms with Gasteiger partial charge in [0, 0.05) is 19.3 Å². The summed E-state index contributed by atoms with van der Waals surface area (Å²) in [6.07, 6.45) is 51.5. The summed E-state index contributed by atoms with van der Waals surface area (Å²) < 4.78 is 16.7. The summed E-state index contributed by atoms with van der Waals surface area (Å²) >= 11 is 0. The first-order valence-corrected chi connectivity index (χ1v) is 24.8. The molecule has 0 amide bonds. The Balaban J connectivity index is 4.35. The first-order valence-electron chi connectivity index (χ1n) is 24.8. The highest BCUT2D eigenvalue weighted by molar-refractivity contribution is 5.71. The summed E-state index contributed by atoms with van der Waals surface area (Å²) in [5, 5.41) is 0. The maximum Gasteiger partial charge on any atom is 0.306 e. The summed E-state index contributed by atoms with van der Waals surface area (Å²) in [6.45, 7) is 6.61. The van der Waals surface area contributed by atoms with Gasteiger partial charge in [0.25, 0.3) is 0 Å². The molecular formula is C51H94O6. The Hall–Kier alpha value is -2.11. The van der Waals surface area contributed by atoms with Crippen LogP contribution in [0.2, 0.25) is 0 Å². The third kappa shape index (κ3) is 44.8. The Kier molecular flexibility index (Phi) is 44.9. The molecule has 0 bridgehead atoms. The van der Waals surface area contributed by atoms with Crippen molar-refractivity contribution in [3.05, 3.63) is 24.3 Å². The van der Waals surface area contributed by atoms with Crippen LogP contribution in [0.5, 0.6) is 0 Å². The van der Waals surface area contributed by atoms with E-state index in [2.05, 4.69) is 45.1 Å². The van der Waals surface area contributed by atoms with Crippen molar-refractivity contribution in [2.45, 2.75) is 271 Å². The number of hydrogen-bond acceptors (Lipinski definition) is 6. The molecule has 0 aliphatic heterocycles. The van der Waals surface area contributed by atoms with Gasteiger partial charge in [-0.3, -0.25) is 14.4 Å². The number of ether oxygens (including phenoxy) is 3. The Morgan fingerprint density at radius 2 is 0.579 bits per heavy atom. The van der Waals surface area contributed by atoms with Crippen LogP contribution < -0.4 is 0 Å². The van der Waals surface area contributed by atoms with E-state index < -0.39 is 6.10 Å². The highest BCUT2D eigenvalue weighted by Crippen LogP contribution is 2.15. The van der Waals surface area contributed by atoms with Crippen LogP contribution in [0.4, 0.5) is 0 Å². The molecular weight excluding hydrogens is 709 g/mol. The van der Waals surface area contributed by atoms with E-state index in [1.165, 1.54) is 154 Å². The quantitative estimate of drug-likeness (QED) is 0.0264. The van der Waals surface area contributed by atoms with Crippen LogP contribution in [-0.2, 0) is 28.6 Å². The van der Waals surface area contributed by atoms with Gasteiger partial charge in [-0.15, -0.1) is 0 Å². The van der Waals surface area contributed by atoms with Crippen molar-refractivity contribution in [1.29, 1.82) is 0 Å². The third-order valence-electron chi connectivity index (χ3n) is 10.9. The largest absolute Gasteiger partial charge is 0.462 e. The van der Waals surface area contributed by atoms with Gasteiger partial charge in [0.1, 0.15) is 13.2 Å². The van der Waals surface area contributed by atoms with Gasteiger partial charge in [-0.25, -0.2) is 0 Å². The highest BCUT2D eigenvalue weighted by Gasteiger charge is 2.19. The van der Waals surface area contributed by atoms with E-state index in [-0.39, 0.29) is 31.1 Å². The molecule has 0 rings (SSSR count). The normalized spacial score (nSPS) is 12.1. The van der Waals surface area contributed by atoms with Crippen LogP contribution in [0.1, 0.15) is 265 Å². The van der Waals surface area contributed by atoms with Crippen molar-refractivity contribution in [3.63, 3.8) is 0 Å². The topological polar surface area (TPSA) is 78.9 Å². The second-order valence-corrected chi connectivity index (χ2v) is 16.7. The van der Waals surface area contributed by atoms with Gasteiger partial charge >= 0.3 is 17.9 Å².